The van der Waals surface area contributed by atoms with Gasteiger partial charge in [-0.15, -0.1) is 0 Å². The van der Waals surface area contributed by atoms with Crippen LogP contribution in [-0.2, 0) is 25.4 Å². The predicted octanol–water partition coefficient (Wildman–Crippen LogP) is 3.61. The fourth-order valence-corrected chi connectivity index (χ4v) is 2.68. The van der Waals surface area contributed by atoms with Crippen molar-refractivity contribution in [3.8, 4) is 11.5 Å². The maximum Gasteiger partial charge on any atom is 0.123 e. The van der Waals surface area contributed by atoms with E-state index in [1.807, 2.05) is 18.2 Å². The molecule has 0 bridgehead atoms. The molecule has 1 aromatic carbocycles. The van der Waals surface area contributed by atoms with Crippen molar-refractivity contribution in [2.24, 2.45) is 5.73 Å². The van der Waals surface area contributed by atoms with Crippen LogP contribution in [0.15, 0.2) is 18.2 Å². The molecule has 7 nitrogen and oxygen atoms in total. The van der Waals surface area contributed by atoms with Crippen molar-refractivity contribution in [3.05, 3.63) is 23.8 Å². The molecule has 0 aliphatic rings. The van der Waals surface area contributed by atoms with E-state index >= 15 is 0 Å². The molecule has 180 valence electrons. The average Bonchev–Trinajstić information content (AvgIpc) is 2.77. The van der Waals surface area contributed by atoms with Gasteiger partial charge in [-0.2, -0.15) is 0 Å². The third-order valence-electron chi connectivity index (χ3n) is 4.39. The van der Waals surface area contributed by atoms with E-state index in [2.05, 4.69) is 13.8 Å². The lowest BCUT2D eigenvalue weighted by atomic mass is 10.1. The molecule has 0 aliphatic heterocycles. The van der Waals surface area contributed by atoms with Gasteiger partial charge in [0, 0.05) is 19.3 Å². The fraction of sp³-hybridized carbons (Fsp3) is 0.750. The summed E-state index contributed by atoms with van der Waals surface area (Å²) in [4.78, 5) is 0. The first kappa shape index (κ1) is 27.7. The Morgan fingerprint density at radius 3 is 1.42 bits per heavy atom. The van der Waals surface area contributed by atoms with Gasteiger partial charge in [-0.3, -0.25) is 0 Å². The highest BCUT2D eigenvalue weighted by molar-refractivity contribution is 5.38. The zero-order valence-electron chi connectivity index (χ0n) is 19.6. The van der Waals surface area contributed by atoms with Crippen LogP contribution in [0.3, 0.4) is 0 Å². The Kier molecular flexibility index (Phi) is 18.3. The minimum absolute atomic E-state index is 0.474. The molecule has 0 atom stereocenters. The smallest absolute Gasteiger partial charge is 0.123 e. The summed E-state index contributed by atoms with van der Waals surface area (Å²) in [5.74, 6) is 1.52. The molecule has 0 aromatic heterocycles. The average molecular weight is 442 g/mol. The van der Waals surface area contributed by atoms with Gasteiger partial charge in [0.15, 0.2) is 0 Å². The van der Waals surface area contributed by atoms with E-state index < -0.39 is 0 Å². The molecule has 0 radical (unpaired) electrons. The molecule has 0 aliphatic carbocycles. The van der Waals surface area contributed by atoms with Crippen molar-refractivity contribution < 1.29 is 28.4 Å². The largest absolute Gasteiger partial charge is 0.491 e. The Morgan fingerprint density at radius 2 is 1.00 bits per heavy atom. The van der Waals surface area contributed by atoms with E-state index in [1.165, 1.54) is 0 Å². The Labute approximate surface area is 188 Å². The van der Waals surface area contributed by atoms with Crippen LogP contribution < -0.4 is 15.2 Å². The molecule has 1 rings (SSSR count). The Hall–Kier alpha value is -1.38. The summed E-state index contributed by atoms with van der Waals surface area (Å²) >= 11 is 0. The van der Waals surface area contributed by atoms with Crippen LogP contribution >= 0.6 is 0 Å². The summed E-state index contributed by atoms with van der Waals surface area (Å²) in [6.45, 7) is 10.9. The van der Waals surface area contributed by atoms with Crippen LogP contribution in [-0.4, -0.2) is 72.6 Å². The molecular formula is C24H43NO6. The molecule has 7 heteroatoms. The van der Waals surface area contributed by atoms with Crippen LogP contribution in [0.5, 0.6) is 11.5 Å². The monoisotopic (exact) mass is 441 g/mol. The predicted molar refractivity (Wildman–Crippen MR) is 123 cm³/mol. The van der Waals surface area contributed by atoms with Crippen LogP contribution in [0.25, 0.3) is 0 Å². The van der Waals surface area contributed by atoms with E-state index in [0.29, 0.717) is 59.4 Å². The number of nitrogens with two attached hydrogens (primary N) is 1. The lowest BCUT2D eigenvalue weighted by Gasteiger charge is -2.13. The molecule has 1 aromatic rings. The fourth-order valence-electron chi connectivity index (χ4n) is 2.68. The molecule has 0 amide bonds. The van der Waals surface area contributed by atoms with Crippen LogP contribution in [0, 0.1) is 0 Å². The van der Waals surface area contributed by atoms with Crippen LogP contribution in [0.1, 0.15) is 45.1 Å². The molecule has 2 N–H and O–H groups in total. The first-order valence-electron chi connectivity index (χ1n) is 11.7. The molecule has 0 saturated heterocycles. The van der Waals surface area contributed by atoms with Crippen LogP contribution in [0.4, 0.5) is 0 Å². The van der Waals surface area contributed by atoms with Gasteiger partial charge in [-0.1, -0.05) is 26.7 Å². The second-order valence-electron chi connectivity index (χ2n) is 7.20. The zero-order chi connectivity index (χ0) is 22.4. The van der Waals surface area contributed by atoms with Gasteiger partial charge in [-0.25, -0.2) is 0 Å². The maximum atomic E-state index is 5.84. The number of rotatable bonds is 22. The van der Waals surface area contributed by atoms with E-state index in [0.717, 1.165) is 62.4 Å². The lowest BCUT2D eigenvalue weighted by Crippen LogP contribution is -2.12. The topological polar surface area (TPSA) is 81.4 Å². The second kappa shape index (κ2) is 20.5. The SMILES string of the molecule is CCCCOCCOCCOc1cc(CCN)cc(OCCOCCOCCCC)c1. The van der Waals surface area contributed by atoms with E-state index in [4.69, 9.17) is 34.2 Å². The quantitative estimate of drug-likeness (QED) is 0.275. The van der Waals surface area contributed by atoms with Gasteiger partial charge < -0.3 is 34.2 Å². The van der Waals surface area contributed by atoms with Crippen molar-refractivity contribution in [2.45, 2.75) is 46.0 Å². The lowest BCUT2D eigenvalue weighted by molar-refractivity contribution is 0.0347. The van der Waals surface area contributed by atoms with Gasteiger partial charge in [0.05, 0.1) is 39.6 Å². The first-order chi connectivity index (χ1) is 15.3. The summed E-state index contributed by atoms with van der Waals surface area (Å²) in [6.07, 6.45) is 5.23. The van der Waals surface area contributed by atoms with Gasteiger partial charge in [-0.05, 0) is 43.5 Å². The second-order valence-corrected chi connectivity index (χ2v) is 7.20. The highest BCUT2D eigenvalue weighted by atomic mass is 16.6. The normalized spacial score (nSPS) is 11.1. The summed E-state index contributed by atoms with van der Waals surface area (Å²) in [7, 11) is 0. The van der Waals surface area contributed by atoms with E-state index in [9.17, 15) is 0 Å². The zero-order valence-corrected chi connectivity index (χ0v) is 19.6. The number of unbranched alkanes of at least 4 members (excludes halogenated alkanes) is 2. The third-order valence-corrected chi connectivity index (χ3v) is 4.39. The van der Waals surface area contributed by atoms with Crippen molar-refractivity contribution in [2.75, 3.05) is 72.6 Å². The first-order valence-corrected chi connectivity index (χ1v) is 11.7. The highest BCUT2D eigenvalue weighted by Crippen LogP contribution is 2.23. The molecule has 0 saturated carbocycles. The van der Waals surface area contributed by atoms with Crippen LogP contribution in [0.2, 0.25) is 0 Å². The minimum atomic E-state index is 0.474. The molecule has 31 heavy (non-hydrogen) atoms. The number of ether oxygens (including phenoxy) is 6. The Balaban J connectivity index is 2.24. The Bertz CT molecular complexity index is 489. The summed E-state index contributed by atoms with van der Waals surface area (Å²) < 4.78 is 33.7. The number of hydrogen-bond acceptors (Lipinski definition) is 7. The molecule has 0 heterocycles. The van der Waals surface area contributed by atoms with Gasteiger partial charge in [0.2, 0.25) is 0 Å². The molecule has 0 unspecified atom stereocenters. The summed E-state index contributed by atoms with van der Waals surface area (Å²) in [5.41, 5.74) is 6.80. The van der Waals surface area contributed by atoms with Gasteiger partial charge >= 0.3 is 0 Å². The third kappa shape index (κ3) is 16.0. The maximum absolute atomic E-state index is 5.84. The number of benzene rings is 1. The number of hydrogen-bond donors (Lipinski definition) is 1. The van der Waals surface area contributed by atoms with Crippen molar-refractivity contribution >= 4 is 0 Å². The standard InChI is InChI=1S/C24H43NO6/c1-3-5-9-26-11-13-28-15-17-30-23-19-22(7-8-25)20-24(21-23)31-18-16-29-14-12-27-10-6-4-2/h19-21H,3-18,25H2,1-2H3. The molecular weight excluding hydrogens is 398 g/mol. The summed E-state index contributed by atoms with van der Waals surface area (Å²) in [6, 6.07) is 5.89. The van der Waals surface area contributed by atoms with E-state index in [1.54, 1.807) is 0 Å². The van der Waals surface area contributed by atoms with Crippen molar-refractivity contribution in [1.82, 2.24) is 0 Å². The van der Waals surface area contributed by atoms with Crippen molar-refractivity contribution in [3.63, 3.8) is 0 Å². The van der Waals surface area contributed by atoms with Crippen molar-refractivity contribution in [1.29, 1.82) is 0 Å². The summed E-state index contributed by atoms with van der Waals surface area (Å²) in [5, 5.41) is 0. The van der Waals surface area contributed by atoms with E-state index in [-0.39, 0.29) is 0 Å². The highest BCUT2D eigenvalue weighted by Gasteiger charge is 2.04. The molecule has 0 spiro atoms. The Morgan fingerprint density at radius 1 is 0.581 bits per heavy atom. The van der Waals surface area contributed by atoms with Gasteiger partial charge in [0.25, 0.3) is 0 Å². The molecule has 0 fully saturated rings. The van der Waals surface area contributed by atoms with Gasteiger partial charge in [0.1, 0.15) is 24.7 Å². The minimum Gasteiger partial charge on any atom is -0.491 e.